The molecule has 0 bridgehead atoms. The van der Waals surface area contributed by atoms with E-state index in [1.165, 1.54) is 0 Å². The second kappa shape index (κ2) is 8.23. The van der Waals surface area contributed by atoms with Crippen molar-refractivity contribution in [3.8, 4) is 17.0 Å². The molecule has 1 heterocycles. The SMILES string of the molecule is COc1ccc(-c2cc(C(=O)Nc3cc(C)cc(C)c3)c3cc(C)cc(C)c3n2)cc1. The molecule has 0 aliphatic carbocycles. The van der Waals surface area contributed by atoms with E-state index in [-0.39, 0.29) is 5.91 Å². The highest BCUT2D eigenvalue weighted by molar-refractivity contribution is 6.13. The first-order valence-corrected chi connectivity index (χ1v) is 10.3. The largest absolute Gasteiger partial charge is 0.497 e. The lowest BCUT2D eigenvalue weighted by Gasteiger charge is -2.14. The Bertz CT molecular complexity index is 1270. The van der Waals surface area contributed by atoms with Crippen molar-refractivity contribution < 1.29 is 9.53 Å². The summed E-state index contributed by atoms with van der Waals surface area (Å²) in [5.74, 6) is 0.640. The molecule has 1 amide bonds. The summed E-state index contributed by atoms with van der Waals surface area (Å²) in [6.07, 6.45) is 0. The molecule has 156 valence electrons. The highest BCUT2D eigenvalue weighted by atomic mass is 16.5. The van der Waals surface area contributed by atoms with Crippen LogP contribution < -0.4 is 10.1 Å². The van der Waals surface area contributed by atoms with E-state index in [0.29, 0.717) is 5.56 Å². The van der Waals surface area contributed by atoms with Gasteiger partial charge in [-0.2, -0.15) is 0 Å². The zero-order chi connectivity index (χ0) is 22.1. The Morgan fingerprint density at radius 2 is 1.48 bits per heavy atom. The minimum absolute atomic E-state index is 0.142. The number of carbonyl (C=O) groups is 1. The fraction of sp³-hybridized carbons (Fsp3) is 0.185. The molecule has 31 heavy (non-hydrogen) atoms. The summed E-state index contributed by atoms with van der Waals surface area (Å²) < 4.78 is 5.27. The van der Waals surface area contributed by atoms with Crippen LogP contribution in [0, 0.1) is 27.7 Å². The summed E-state index contributed by atoms with van der Waals surface area (Å²) >= 11 is 0. The third-order valence-electron chi connectivity index (χ3n) is 5.36. The van der Waals surface area contributed by atoms with Gasteiger partial charge in [0.15, 0.2) is 0 Å². The third kappa shape index (κ3) is 4.29. The summed E-state index contributed by atoms with van der Waals surface area (Å²) in [5.41, 5.74) is 8.31. The maximum absolute atomic E-state index is 13.4. The predicted octanol–water partition coefficient (Wildman–Crippen LogP) is 6.40. The van der Waals surface area contributed by atoms with E-state index >= 15 is 0 Å². The molecule has 0 saturated heterocycles. The first kappa shape index (κ1) is 20.6. The summed E-state index contributed by atoms with van der Waals surface area (Å²) in [5, 5.41) is 3.94. The van der Waals surface area contributed by atoms with Crippen molar-refractivity contribution >= 4 is 22.5 Å². The van der Waals surface area contributed by atoms with Gasteiger partial charge in [-0.25, -0.2) is 4.98 Å². The number of nitrogens with one attached hydrogen (secondary N) is 1. The topological polar surface area (TPSA) is 51.2 Å². The fourth-order valence-corrected chi connectivity index (χ4v) is 4.02. The number of methoxy groups -OCH3 is 1. The van der Waals surface area contributed by atoms with Gasteiger partial charge in [0.1, 0.15) is 5.75 Å². The maximum atomic E-state index is 13.4. The smallest absolute Gasteiger partial charge is 0.256 e. The number of benzene rings is 3. The quantitative estimate of drug-likeness (QED) is 0.424. The van der Waals surface area contributed by atoms with Gasteiger partial charge in [-0.3, -0.25) is 4.79 Å². The number of amides is 1. The molecule has 0 spiro atoms. The van der Waals surface area contributed by atoms with Crippen molar-refractivity contribution in [2.75, 3.05) is 12.4 Å². The molecule has 4 aromatic rings. The number of hydrogen-bond donors (Lipinski definition) is 1. The minimum atomic E-state index is -0.142. The molecular weight excluding hydrogens is 384 g/mol. The van der Waals surface area contributed by atoms with Crippen LogP contribution in [0.1, 0.15) is 32.6 Å². The number of aryl methyl sites for hydroxylation is 4. The number of nitrogens with zero attached hydrogens (tertiary/aromatic N) is 1. The van der Waals surface area contributed by atoms with Crippen LogP contribution in [-0.2, 0) is 0 Å². The Hall–Kier alpha value is -3.66. The number of ether oxygens (including phenoxy) is 1. The molecule has 1 N–H and O–H groups in total. The lowest BCUT2D eigenvalue weighted by molar-refractivity contribution is 0.102. The van der Waals surface area contributed by atoms with Gasteiger partial charge in [-0.05, 0) is 92.9 Å². The van der Waals surface area contributed by atoms with Gasteiger partial charge in [0.05, 0.1) is 23.9 Å². The number of hydrogen-bond acceptors (Lipinski definition) is 3. The van der Waals surface area contributed by atoms with Crippen molar-refractivity contribution in [3.05, 3.63) is 88.5 Å². The number of fused-ring (bicyclic) bond motifs is 1. The fourth-order valence-electron chi connectivity index (χ4n) is 4.02. The van der Waals surface area contributed by atoms with Crippen LogP contribution >= 0.6 is 0 Å². The van der Waals surface area contributed by atoms with Gasteiger partial charge in [0, 0.05) is 16.6 Å². The molecule has 1 aromatic heterocycles. The molecule has 0 unspecified atom stereocenters. The van der Waals surface area contributed by atoms with Crippen LogP contribution in [0.4, 0.5) is 5.69 Å². The van der Waals surface area contributed by atoms with E-state index in [0.717, 1.165) is 55.9 Å². The van der Waals surface area contributed by atoms with Crippen molar-refractivity contribution in [2.45, 2.75) is 27.7 Å². The first-order chi connectivity index (χ1) is 14.8. The normalized spacial score (nSPS) is 10.9. The first-order valence-electron chi connectivity index (χ1n) is 10.3. The van der Waals surface area contributed by atoms with Gasteiger partial charge in [0.2, 0.25) is 0 Å². The van der Waals surface area contributed by atoms with Gasteiger partial charge < -0.3 is 10.1 Å². The molecule has 0 aliphatic rings. The van der Waals surface area contributed by atoms with Gasteiger partial charge >= 0.3 is 0 Å². The van der Waals surface area contributed by atoms with Gasteiger partial charge in [-0.15, -0.1) is 0 Å². The molecule has 0 atom stereocenters. The van der Waals surface area contributed by atoms with E-state index in [4.69, 9.17) is 9.72 Å². The Labute approximate surface area is 182 Å². The highest BCUT2D eigenvalue weighted by Crippen LogP contribution is 2.29. The Balaban J connectivity index is 1.86. The van der Waals surface area contributed by atoms with Crippen LogP contribution in [0.15, 0.2) is 60.7 Å². The highest BCUT2D eigenvalue weighted by Gasteiger charge is 2.16. The zero-order valence-electron chi connectivity index (χ0n) is 18.5. The number of pyridine rings is 1. The number of carbonyl (C=O) groups excluding carboxylic acids is 1. The molecule has 0 fully saturated rings. The van der Waals surface area contributed by atoms with Crippen LogP contribution in [0.3, 0.4) is 0 Å². The minimum Gasteiger partial charge on any atom is -0.497 e. The summed E-state index contributed by atoms with van der Waals surface area (Å²) in [7, 11) is 1.64. The van der Waals surface area contributed by atoms with E-state index in [1.54, 1.807) is 7.11 Å². The van der Waals surface area contributed by atoms with Gasteiger partial charge in [-0.1, -0.05) is 17.7 Å². The van der Waals surface area contributed by atoms with Crippen LogP contribution in [-0.4, -0.2) is 18.0 Å². The Morgan fingerprint density at radius 3 is 2.13 bits per heavy atom. The molecular formula is C27H26N2O2. The third-order valence-corrected chi connectivity index (χ3v) is 5.36. The number of rotatable bonds is 4. The number of anilines is 1. The lowest BCUT2D eigenvalue weighted by Crippen LogP contribution is -2.13. The molecule has 4 heteroatoms. The van der Waals surface area contributed by atoms with Crippen LogP contribution in [0.5, 0.6) is 5.75 Å². The average molecular weight is 411 g/mol. The summed E-state index contributed by atoms with van der Waals surface area (Å²) in [6, 6.07) is 19.8. The predicted molar refractivity (Wildman–Crippen MR) is 127 cm³/mol. The average Bonchev–Trinajstić information content (AvgIpc) is 2.72. The van der Waals surface area contributed by atoms with Crippen molar-refractivity contribution in [3.63, 3.8) is 0 Å². The maximum Gasteiger partial charge on any atom is 0.256 e. The van der Waals surface area contributed by atoms with Crippen molar-refractivity contribution in [2.24, 2.45) is 0 Å². The second-order valence-corrected chi connectivity index (χ2v) is 8.09. The Kier molecular flexibility index (Phi) is 5.47. The van der Waals surface area contributed by atoms with E-state index in [9.17, 15) is 4.79 Å². The molecule has 0 radical (unpaired) electrons. The van der Waals surface area contributed by atoms with Crippen molar-refractivity contribution in [1.82, 2.24) is 4.98 Å². The second-order valence-electron chi connectivity index (χ2n) is 8.09. The van der Waals surface area contributed by atoms with Crippen molar-refractivity contribution in [1.29, 1.82) is 0 Å². The standard InChI is InChI=1S/C27H26N2O2/c1-16-10-17(2)13-21(12-16)28-27(30)24-15-25(20-6-8-22(31-5)9-7-20)29-26-19(4)11-18(3)14-23(24)26/h6-15H,1-5H3,(H,28,30). The molecule has 4 rings (SSSR count). The monoisotopic (exact) mass is 410 g/mol. The molecule has 0 aliphatic heterocycles. The molecule has 3 aromatic carbocycles. The van der Waals surface area contributed by atoms with Gasteiger partial charge in [0.25, 0.3) is 5.91 Å². The van der Waals surface area contributed by atoms with Crippen LogP contribution in [0.2, 0.25) is 0 Å². The van der Waals surface area contributed by atoms with Crippen LogP contribution in [0.25, 0.3) is 22.2 Å². The van der Waals surface area contributed by atoms with E-state index < -0.39 is 0 Å². The molecule has 0 saturated carbocycles. The van der Waals surface area contributed by atoms with E-state index in [1.807, 2.05) is 76.2 Å². The summed E-state index contributed by atoms with van der Waals surface area (Å²) in [6.45, 7) is 8.12. The molecule has 4 nitrogen and oxygen atoms in total. The zero-order valence-corrected chi connectivity index (χ0v) is 18.5. The van der Waals surface area contributed by atoms with E-state index in [2.05, 4.69) is 17.4 Å². The summed E-state index contributed by atoms with van der Waals surface area (Å²) in [4.78, 5) is 18.3. The lowest BCUT2D eigenvalue weighted by atomic mass is 9.99. The Morgan fingerprint density at radius 1 is 0.839 bits per heavy atom. The number of aromatic nitrogens is 1.